The topological polar surface area (TPSA) is 24.9 Å². The second kappa shape index (κ2) is 5.21. The van der Waals surface area contributed by atoms with Crippen molar-refractivity contribution in [2.24, 2.45) is 0 Å². The highest BCUT2D eigenvalue weighted by molar-refractivity contribution is 5.69. The molecular formula is C19H18N2. The summed E-state index contributed by atoms with van der Waals surface area (Å²) in [6.45, 7) is 0. The van der Waals surface area contributed by atoms with Gasteiger partial charge in [0.2, 0.25) is 0 Å². The third kappa shape index (κ3) is 2.27. The molecule has 0 saturated heterocycles. The molecule has 1 N–H and O–H groups in total. The Labute approximate surface area is 125 Å². The molecule has 2 heteroatoms. The molecule has 21 heavy (non-hydrogen) atoms. The minimum absolute atomic E-state index is 0.916. The number of nitrogens with one attached hydrogen (secondary N) is 1. The third-order valence-electron chi connectivity index (χ3n) is 4.24. The third-order valence-corrected chi connectivity index (χ3v) is 4.24. The highest BCUT2D eigenvalue weighted by atomic mass is 15.0. The van der Waals surface area contributed by atoms with Gasteiger partial charge in [0.1, 0.15) is 5.82 Å². The predicted octanol–water partition coefficient (Wildman–Crippen LogP) is 4.44. The molecule has 0 unspecified atom stereocenters. The van der Waals surface area contributed by atoms with Crippen LogP contribution in [0.5, 0.6) is 0 Å². The first-order valence-corrected chi connectivity index (χ1v) is 7.62. The molecule has 1 aromatic heterocycles. The summed E-state index contributed by atoms with van der Waals surface area (Å²) in [5, 5.41) is 3.52. The molecule has 0 spiro atoms. The van der Waals surface area contributed by atoms with Crippen LogP contribution in [-0.4, -0.2) is 4.98 Å². The zero-order valence-corrected chi connectivity index (χ0v) is 12.0. The molecule has 0 saturated carbocycles. The van der Waals surface area contributed by atoms with Crippen LogP contribution in [0.25, 0.3) is 6.08 Å². The van der Waals surface area contributed by atoms with Gasteiger partial charge in [-0.15, -0.1) is 0 Å². The average molecular weight is 274 g/mol. The summed E-state index contributed by atoms with van der Waals surface area (Å²) >= 11 is 0. The lowest BCUT2D eigenvalue weighted by Crippen LogP contribution is -2.05. The van der Waals surface area contributed by atoms with Crippen molar-refractivity contribution >= 4 is 17.6 Å². The summed E-state index contributed by atoms with van der Waals surface area (Å²) in [6.07, 6.45) is 13.1. The first-order valence-electron chi connectivity index (χ1n) is 7.62. The van der Waals surface area contributed by atoms with Crippen molar-refractivity contribution in [1.29, 1.82) is 0 Å². The van der Waals surface area contributed by atoms with E-state index in [2.05, 4.69) is 53.9 Å². The van der Waals surface area contributed by atoms with Crippen LogP contribution >= 0.6 is 0 Å². The Balaban J connectivity index is 1.82. The molecule has 104 valence electrons. The lowest BCUT2D eigenvalue weighted by atomic mass is 10.0. The summed E-state index contributed by atoms with van der Waals surface area (Å²) in [7, 11) is 0. The van der Waals surface area contributed by atoms with Gasteiger partial charge in [-0.1, -0.05) is 42.5 Å². The number of hydrogen-bond acceptors (Lipinski definition) is 2. The first kappa shape index (κ1) is 12.4. The predicted molar refractivity (Wildman–Crippen MR) is 87.9 cm³/mol. The van der Waals surface area contributed by atoms with Gasteiger partial charge in [-0.05, 0) is 48.1 Å². The van der Waals surface area contributed by atoms with Crippen molar-refractivity contribution in [2.75, 3.05) is 5.32 Å². The van der Waals surface area contributed by atoms with Crippen molar-refractivity contribution in [3.8, 4) is 0 Å². The van der Waals surface area contributed by atoms with E-state index in [9.17, 15) is 0 Å². The van der Waals surface area contributed by atoms with E-state index in [1.165, 1.54) is 35.2 Å². The molecular weight excluding hydrogens is 256 g/mol. The maximum atomic E-state index is 4.93. The number of para-hydroxylation sites is 1. The SMILES string of the molecule is C1=CCc2nc(Nc3ccccc3)c3c(c2C=C1)CCC3. The lowest BCUT2D eigenvalue weighted by Gasteiger charge is -2.15. The Bertz CT molecular complexity index is 727. The Morgan fingerprint density at radius 3 is 2.71 bits per heavy atom. The Morgan fingerprint density at radius 2 is 1.81 bits per heavy atom. The minimum atomic E-state index is 0.916. The number of hydrogen-bond donors (Lipinski definition) is 1. The first-order chi connectivity index (χ1) is 10.4. The average Bonchev–Trinajstić information content (AvgIpc) is 2.89. The number of allylic oxidation sites excluding steroid dienone is 3. The number of rotatable bonds is 2. The van der Waals surface area contributed by atoms with Crippen LogP contribution in [0.15, 0.2) is 48.6 Å². The van der Waals surface area contributed by atoms with Gasteiger partial charge in [0.25, 0.3) is 0 Å². The number of anilines is 2. The van der Waals surface area contributed by atoms with Gasteiger partial charge in [-0.2, -0.15) is 0 Å². The summed E-state index contributed by atoms with van der Waals surface area (Å²) in [5.41, 5.74) is 6.56. The van der Waals surface area contributed by atoms with Crippen molar-refractivity contribution in [1.82, 2.24) is 4.98 Å². The lowest BCUT2D eigenvalue weighted by molar-refractivity contribution is 0.911. The summed E-state index contributed by atoms with van der Waals surface area (Å²) in [6, 6.07) is 10.3. The maximum absolute atomic E-state index is 4.93. The maximum Gasteiger partial charge on any atom is 0.134 e. The second-order valence-corrected chi connectivity index (χ2v) is 5.61. The fraction of sp³-hybridized carbons (Fsp3) is 0.211. The molecule has 2 aliphatic rings. The van der Waals surface area contributed by atoms with Crippen LogP contribution in [0.3, 0.4) is 0 Å². The van der Waals surface area contributed by atoms with E-state index in [1.807, 2.05) is 6.07 Å². The van der Waals surface area contributed by atoms with Crippen molar-refractivity contribution < 1.29 is 0 Å². The van der Waals surface area contributed by atoms with Crippen LogP contribution in [0, 0.1) is 0 Å². The fourth-order valence-corrected chi connectivity index (χ4v) is 3.26. The number of benzene rings is 1. The largest absolute Gasteiger partial charge is 0.340 e. The quantitative estimate of drug-likeness (QED) is 0.875. The van der Waals surface area contributed by atoms with E-state index in [1.54, 1.807) is 0 Å². The summed E-state index contributed by atoms with van der Waals surface area (Å²) < 4.78 is 0. The fourth-order valence-electron chi connectivity index (χ4n) is 3.26. The minimum Gasteiger partial charge on any atom is -0.340 e. The summed E-state index contributed by atoms with van der Waals surface area (Å²) in [5.74, 6) is 1.05. The van der Waals surface area contributed by atoms with Gasteiger partial charge < -0.3 is 5.32 Å². The highest BCUT2D eigenvalue weighted by Crippen LogP contribution is 2.35. The Morgan fingerprint density at radius 1 is 0.952 bits per heavy atom. The number of aromatic nitrogens is 1. The standard InChI is InChI=1S/C19H18N2/c1-3-8-14(9-4-1)20-19-17-12-7-11-15(17)16-10-5-2-6-13-18(16)21-19/h1-6,8-10H,7,11-13H2,(H,20,21). The molecule has 0 atom stereocenters. The van der Waals surface area contributed by atoms with Crippen LogP contribution in [0.1, 0.15) is 28.8 Å². The molecule has 0 radical (unpaired) electrons. The molecule has 1 aromatic carbocycles. The number of nitrogens with zero attached hydrogens (tertiary/aromatic N) is 1. The van der Waals surface area contributed by atoms with E-state index < -0.39 is 0 Å². The smallest absolute Gasteiger partial charge is 0.134 e. The molecule has 1 heterocycles. The van der Waals surface area contributed by atoms with E-state index in [-0.39, 0.29) is 0 Å². The van der Waals surface area contributed by atoms with E-state index in [0.29, 0.717) is 0 Å². The highest BCUT2D eigenvalue weighted by Gasteiger charge is 2.22. The molecule has 0 bridgehead atoms. The normalized spacial score (nSPS) is 15.4. The van der Waals surface area contributed by atoms with Gasteiger partial charge >= 0.3 is 0 Å². The van der Waals surface area contributed by atoms with Gasteiger partial charge in [0, 0.05) is 12.1 Å². The molecule has 2 aliphatic carbocycles. The zero-order valence-electron chi connectivity index (χ0n) is 12.0. The molecule has 0 aliphatic heterocycles. The number of fused-ring (bicyclic) bond motifs is 3. The molecule has 0 fully saturated rings. The van der Waals surface area contributed by atoms with Crippen molar-refractivity contribution in [2.45, 2.75) is 25.7 Å². The Kier molecular flexibility index (Phi) is 3.07. The van der Waals surface area contributed by atoms with Crippen LogP contribution in [0.4, 0.5) is 11.5 Å². The van der Waals surface area contributed by atoms with Crippen LogP contribution in [0.2, 0.25) is 0 Å². The molecule has 4 rings (SSSR count). The van der Waals surface area contributed by atoms with Gasteiger partial charge in [0.15, 0.2) is 0 Å². The zero-order chi connectivity index (χ0) is 14.1. The van der Waals surface area contributed by atoms with Crippen LogP contribution in [-0.2, 0) is 19.3 Å². The number of pyridine rings is 1. The molecule has 2 aromatic rings. The molecule has 0 amide bonds. The van der Waals surface area contributed by atoms with Gasteiger partial charge in [-0.3, -0.25) is 0 Å². The summed E-state index contributed by atoms with van der Waals surface area (Å²) in [4.78, 5) is 4.93. The van der Waals surface area contributed by atoms with Gasteiger partial charge in [0.05, 0.1) is 5.69 Å². The van der Waals surface area contributed by atoms with E-state index >= 15 is 0 Å². The van der Waals surface area contributed by atoms with Crippen molar-refractivity contribution in [3.05, 3.63) is 70.9 Å². The van der Waals surface area contributed by atoms with E-state index in [4.69, 9.17) is 4.98 Å². The monoisotopic (exact) mass is 274 g/mol. The van der Waals surface area contributed by atoms with E-state index in [0.717, 1.165) is 24.3 Å². The second-order valence-electron chi connectivity index (χ2n) is 5.61. The Hall–Kier alpha value is -2.35. The van der Waals surface area contributed by atoms with Gasteiger partial charge in [-0.25, -0.2) is 4.98 Å². The van der Waals surface area contributed by atoms with Crippen LogP contribution < -0.4 is 5.32 Å². The molecule has 2 nitrogen and oxygen atoms in total. The van der Waals surface area contributed by atoms with Crippen molar-refractivity contribution in [3.63, 3.8) is 0 Å².